The Hall–Kier alpha value is 0.380. The molecule has 1 aliphatic carbocycles. The number of rotatable bonds is 4. The summed E-state index contributed by atoms with van der Waals surface area (Å²) in [4.78, 5) is 23.0. The Bertz CT molecular complexity index is 283. The number of carbonyl (C=O) groups excluding carboxylic acids is 2. The number of hydrogen-bond donors (Lipinski definition) is 0. The van der Waals surface area contributed by atoms with Gasteiger partial charge in [0.05, 0.1) is 34.1 Å². The van der Waals surface area contributed by atoms with Crippen LogP contribution in [0.2, 0.25) is 0 Å². The average molecular weight is 423 g/mol. The number of alkyl halides is 3. The quantitative estimate of drug-likeness (QED) is 0.515. The van der Waals surface area contributed by atoms with Gasteiger partial charge in [-0.25, -0.2) is 0 Å². The topological polar surface area (TPSA) is 52.6 Å². The van der Waals surface area contributed by atoms with Crippen LogP contribution >= 0.6 is 47.8 Å². The number of esters is 2. The molecule has 0 aromatic carbocycles. The molecule has 1 rings (SSSR count). The maximum absolute atomic E-state index is 11.5. The zero-order valence-electron chi connectivity index (χ0n) is 8.71. The zero-order valence-corrected chi connectivity index (χ0v) is 13.5. The lowest BCUT2D eigenvalue weighted by atomic mass is 10.2. The highest BCUT2D eigenvalue weighted by Gasteiger charge is 2.71. The van der Waals surface area contributed by atoms with Gasteiger partial charge in [-0.15, -0.1) is 0 Å². The Morgan fingerprint density at radius 3 is 1.81 bits per heavy atom. The summed E-state index contributed by atoms with van der Waals surface area (Å²) in [6, 6.07) is 0. The maximum atomic E-state index is 11.5. The van der Waals surface area contributed by atoms with E-state index in [2.05, 4.69) is 57.3 Å². The molecule has 0 amide bonds. The van der Waals surface area contributed by atoms with Crippen molar-refractivity contribution < 1.29 is 19.1 Å². The van der Waals surface area contributed by atoms with Crippen LogP contribution in [0.4, 0.5) is 0 Å². The van der Waals surface area contributed by atoms with Gasteiger partial charge in [-0.1, -0.05) is 47.8 Å². The summed E-state index contributed by atoms with van der Waals surface area (Å²) in [7, 11) is 2.62. The smallest absolute Gasteiger partial charge is 0.311 e. The van der Waals surface area contributed by atoms with Crippen LogP contribution in [0.25, 0.3) is 0 Å². The maximum Gasteiger partial charge on any atom is 0.311 e. The van der Waals surface area contributed by atoms with Crippen molar-refractivity contribution in [2.75, 3.05) is 14.2 Å². The summed E-state index contributed by atoms with van der Waals surface area (Å²) in [6.07, 6.45) is 0.576. The third-order valence-corrected chi connectivity index (χ3v) is 4.59. The predicted molar refractivity (Wildman–Crippen MR) is 68.9 cm³/mol. The standard InChI is InChI=1S/C9H11Br3O4/c1-15-7(13)5-6(8(14)16-2)9(5,12)3-4(10)11/h4-6H,3H2,1-2H3/t5-,6-/m1/s1. The first kappa shape index (κ1) is 14.4. The molecule has 0 aromatic rings. The van der Waals surface area contributed by atoms with Crippen LogP contribution in [0.3, 0.4) is 0 Å². The van der Waals surface area contributed by atoms with Gasteiger partial charge in [-0.05, 0) is 6.42 Å². The molecule has 0 heterocycles. The van der Waals surface area contributed by atoms with Crippen LogP contribution in [0, 0.1) is 11.8 Å². The molecule has 2 atom stereocenters. The van der Waals surface area contributed by atoms with Gasteiger partial charge in [-0.3, -0.25) is 9.59 Å². The van der Waals surface area contributed by atoms with Crippen molar-refractivity contribution in [1.82, 2.24) is 0 Å². The third kappa shape index (κ3) is 2.61. The van der Waals surface area contributed by atoms with E-state index in [-0.39, 0.29) is 3.74 Å². The van der Waals surface area contributed by atoms with E-state index in [1.165, 1.54) is 14.2 Å². The van der Waals surface area contributed by atoms with Gasteiger partial charge in [0.15, 0.2) is 0 Å². The summed E-state index contributed by atoms with van der Waals surface area (Å²) >= 11 is 10.1. The van der Waals surface area contributed by atoms with Gasteiger partial charge in [0.2, 0.25) is 0 Å². The normalized spacial score (nSPS) is 32.4. The molecule has 0 N–H and O–H groups in total. The minimum Gasteiger partial charge on any atom is -0.469 e. The van der Waals surface area contributed by atoms with Crippen LogP contribution in [0.5, 0.6) is 0 Å². The van der Waals surface area contributed by atoms with Crippen LogP contribution < -0.4 is 0 Å². The predicted octanol–water partition coefficient (Wildman–Crippen LogP) is 2.22. The zero-order chi connectivity index (χ0) is 12.5. The number of hydrogen-bond acceptors (Lipinski definition) is 4. The largest absolute Gasteiger partial charge is 0.469 e. The van der Waals surface area contributed by atoms with Crippen LogP contribution in [-0.4, -0.2) is 34.2 Å². The van der Waals surface area contributed by atoms with E-state index < -0.39 is 28.1 Å². The molecule has 0 unspecified atom stereocenters. The number of carbonyl (C=O) groups is 2. The monoisotopic (exact) mass is 420 g/mol. The van der Waals surface area contributed by atoms with Gasteiger partial charge >= 0.3 is 11.9 Å². The van der Waals surface area contributed by atoms with Gasteiger partial charge < -0.3 is 9.47 Å². The van der Waals surface area contributed by atoms with Crippen molar-refractivity contribution in [2.45, 2.75) is 14.5 Å². The van der Waals surface area contributed by atoms with Crippen LogP contribution in [0.1, 0.15) is 6.42 Å². The Morgan fingerprint density at radius 2 is 1.56 bits per heavy atom. The molecular formula is C9H11Br3O4. The number of halogens is 3. The molecule has 0 aliphatic heterocycles. The fraction of sp³-hybridized carbons (Fsp3) is 0.778. The first-order valence-electron chi connectivity index (χ1n) is 4.51. The third-order valence-electron chi connectivity index (χ3n) is 2.64. The molecule has 0 saturated heterocycles. The lowest BCUT2D eigenvalue weighted by molar-refractivity contribution is -0.148. The van der Waals surface area contributed by atoms with Crippen LogP contribution in [-0.2, 0) is 19.1 Å². The first-order chi connectivity index (χ1) is 7.38. The van der Waals surface area contributed by atoms with Crippen molar-refractivity contribution in [3.05, 3.63) is 0 Å². The van der Waals surface area contributed by atoms with Gasteiger partial charge in [-0.2, -0.15) is 0 Å². The first-order valence-corrected chi connectivity index (χ1v) is 7.13. The number of methoxy groups -OCH3 is 2. The van der Waals surface area contributed by atoms with Crippen molar-refractivity contribution in [2.24, 2.45) is 11.8 Å². The summed E-state index contributed by atoms with van der Waals surface area (Å²) < 4.78 is 8.77. The fourth-order valence-electron chi connectivity index (χ4n) is 1.82. The fourth-order valence-corrected chi connectivity index (χ4v) is 4.85. The molecule has 0 aromatic heterocycles. The van der Waals surface area contributed by atoms with E-state index in [4.69, 9.17) is 0 Å². The molecular weight excluding hydrogens is 412 g/mol. The minimum absolute atomic E-state index is 0.0150. The molecule has 0 spiro atoms. The molecule has 0 bridgehead atoms. The summed E-state index contributed by atoms with van der Waals surface area (Å²) in [5.74, 6) is -1.76. The number of ether oxygens (including phenoxy) is 2. The summed E-state index contributed by atoms with van der Waals surface area (Å²) in [6.45, 7) is 0. The lowest BCUT2D eigenvalue weighted by Gasteiger charge is -2.09. The molecule has 1 saturated carbocycles. The molecule has 1 fully saturated rings. The van der Waals surface area contributed by atoms with Gasteiger partial charge in [0.25, 0.3) is 0 Å². The average Bonchev–Trinajstić information content (AvgIpc) is 2.80. The highest BCUT2D eigenvalue weighted by molar-refractivity contribution is 9.24. The van der Waals surface area contributed by atoms with Crippen molar-refractivity contribution in [1.29, 1.82) is 0 Å². The molecule has 16 heavy (non-hydrogen) atoms. The molecule has 1 aliphatic rings. The summed E-state index contributed by atoms with van der Waals surface area (Å²) in [5, 5.41) is 0. The summed E-state index contributed by atoms with van der Waals surface area (Å²) in [5.41, 5.74) is 0. The second-order valence-electron chi connectivity index (χ2n) is 3.52. The van der Waals surface area contributed by atoms with E-state index in [0.29, 0.717) is 6.42 Å². The SMILES string of the molecule is COC(=O)[C@H]1[C@H](C(=O)OC)C1(Br)CC(Br)Br. The Kier molecular flexibility index (Phi) is 4.83. The van der Waals surface area contributed by atoms with Gasteiger partial charge in [0.1, 0.15) is 0 Å². The van der Waals surface area contributed by atoms with E-state index in [9.17, 15) is 9.59 Å². The second-order valence-corrected chi connectivity index (χ2v) is 8.44. The highest BCUT2D eigenvalue weighted by atomic mass is 79.9. The minimum atomic E-state index is -0.579. The van der Waals surface area contributed by atoms with Crippen molar-refractivity contribution in [3.63, 3.8) is 0 Å². The van der Waals surface area contributed by atoms with E-state index in [0.717, 1.165) is 0 Å². The van der Waals surface area contributed by atoms with Crippen LogP contribution in [0.15, 0.2) is 0 Å². The van der Waals surface area contributed by atoms with Crippen molar-refractivity contribution in [3.8, 4) is 0 Å². The molecule has 7 heteroatoms. The van der Waals surface area contributed by atoms with Crippen molar-refractivity contribution >= 4 is 59.7 Å². The second kappa shape index (κ2) is 5.35. The molecule has 0 radical (unpaired) electrons. The Labute approximate surface area is 119 Å². The molecule has 92 valence electrons. The van der Waals surface area contributed by atoms with E-state index in [1.807, 2.05) is 0 Å². The highest BCUT2D eigenvalue weighted by Crippen LogP contribution is 2.61. The molecule has 4 nitrogen and oxygen atoms in total. The van der Waals surface area contributed by atoms with E-state index in [1.54, 1.807) is 0 Å². The van der Waals surface area contributed by atoms with E-state index >= 15 is 0 Å². The Balaban J connectivity index is 2.83. The van der Waals surface area contributed by atoms with Gasteiger partial charge in [0, 0.05) is 0 Å². The lowest BCUT2D eigenvalue weighted by Crippen LogP contribution is -2.14. The Morgan fingerprint density at radius 1 is 1.19 bits per heavy atom.